The van der Waals surface area contributed by atoms with E-state index in [-0.39, 0.29) is 5.91 Å². The van der Waals surface area contributed by atoms with Crippen molar-refractivity contribution < 1.29 is 9.53 Å². The molecule has 0 saturated heterocycles. The Morgan fingerprint density at radius 3 is 2.88 bits per heavy atom. The van der Waals surface area contributed by atoms with Crippen molar-refractivity contribution in [1.29, 1.82) is 0 Å². The molecule has 1 fully saturated rings. The van der Waals surface area contributed by atoms with E-state index in [2.05, 4.69) is 27.2 Å². The Balaban J connectivity index is 1.45. The molecule has 2 heterocycles. The minimum absolute atomic E-state index is 0.130. The van der Waals surface area contributed by atoms with E-state index in [0.717, 1.165) is 6.42 Å². The van der Waals surface area contributed by atoms with E-state index in [9.17, 15) is 4.79 Å². The van der Waals surface area contributed by atoms with Crippen LogP contribution in [0.25, 0.3) is 10.8 Å². The number of aromatic nitrogens is 3. The highest BCUT2D eigenvalue weighted by Crippen LogP contribution is 2.26. The lowest BCUT2D eigenvalue weighted by atomic mass is 9.88. The normalized spacial score (nSPS) is 20.7. The highest BCUT2D eigenvalue weighted by molar-refractivity contribution is 7.16. The van der Waals surface area contributed by atoms with Crippen LogP contribution >= 0.6 is 11.3 Å². The van der Waals surface area contributed by atoms with Gasteiger partial charge in [-0.05, 0) is 24.8 Å². The second-order valence-electron chi connectivity index (χ2n) is 6.03. The average Bonchev–Trinajstić information content (AvgIpc) is 3.11. The van der Waals surface area contributed by atoms with E-state index < -0.39 is 0 Å². The average molecular weight is 346 g/mol. The molecule has 3 rings (SSSR count). The number of nitrogens with one attached hydrogen (secondary N) is 1. The van der Waals surface area contributed by atoms with Gasteiger partial charge in [0.15, 0.2) is 10.8 Å². The predicted octanol–water partition coefficient (Wildman–Crippen LogP) is 2.93. The van der Waals surface area contributed by atoms with Gasteiger partial charge in [-0.3, -0.25) is 4.79 Å². The van der Waals surface area contributed by atoms with Gasteiger partial charge >= 0.3 is 0 Å². The molecule has 1 N–H and O–H groups in total. The number of ether oxygens (including phenoxy) is 1. The van der Waals surface area contributed by atoms with Crippen LogP contribution in [0.4, 0.5) is 0 Å². The second-order valence-corrected chi connectivity index (χ2v) is 7.06. The third-order valence-electron chi connectivity index (χ3n) is 4.24. The van der Waals surface area contributed by atoms with Gasteiger partial charge in [0.2, 0.25) is 0 Å². The number of hydrogen-bond acceptors (Lipinski definition) is 6. The fourth-order valence-electron chi connectivity index (χ4n) is 2.88. The highest BCUT2D eigenvalue weighted by atomic mass is 32.1. The summed E-state index contributed by atoms with van der Waals surface area (Å²) in [6, 6.07) is 1.75. The number of thiazole rings is 1. The number of hydrogen-bond donors (Lipinski definition) is 1. The zero-order chi connectivity index (χ0) is 16.8. The minimum atomic E-state index is -0.130. The highest BCUT2D eigenvalue weighted by Gasteiger charge is 2.21. The van der Waals surface area contributed by atoms with Crippen molar-refractivity contribution in [2.45, 2.75) is 38.7 Å². The van der Waals surface area contributed by atoms with Gasteiger partial charge in [0, 0.05) is 18.9 Å². The van der Waals surface area contributed by atoms with Crippen molar-refractivity contribution in [3.63, 3.8) is 0 Å². The number of carbonyl (C=O) groups is 1. The third-order valence-corrected chi connectivity index (χ3v) is 5.23. The Bertz CT molecular complexity index is 662. The number of amides is 1. The van der Waals surface area contributed by atoms with Gasteiger partial charge in [-0.25, -0.2) is 15.0 Å². The molecule has 0 aromatic carbocycles. The van der Waals surface area contributed by atoms with Crippen molar-refractivity contribution in [2.24, 2.45) is 5.92 Å². The first-order chi connectivity index (χ1) is 11.7. The van der Waals surface area contributed by atoms with Gasteiger partial charge in [-0.15, -0.1) is 11.3 Å². The quantitative estimate of drug-likeness (QED) is 0.814. The standard InChI is InChI=1S/C17H22N4O2S/c1-12-5-2-3-6-13(12)23-10-9-20-16(22)14-11-21-17(24-14)15-18-7-4-8-19-15/h4,7-8,11-13H,2-3,5-6,9-10H2,1H3,(H,20,22)/t12-,13-/m1/s1. The fraction of sp³-hybridized carbons (Fsp3) is 0.529. The molecule has 2 aromatic rings. The zero-order valence-corrected chi connectivity index (χ0v) is 14.6. The molecule has 2 atom stereocenters. The largest absolute Gasteiger partial charge is 0.376 e. The maximum absolute atomic E-state index is 12.2. The van der Waals surface area contributed by atoms with E-state index in [1.165, 1.54) is 30.6 Å². The summed E-state index contributed by atoms with van der Waals surface area (Å²) in [5, 5.41) is 3.53. The molecule has 1 aliphatic carbocycles. The van der Waals surface area contributed by atoms with E-state index >= 15 is 0 Å². The molecule has 0 radical (unpaired) electrons. The molecule has 0 aliphatic heterocycles. The van der Waals surface area contributed by atoms with Gasteiger partial charge in [-0.1, -0.05) is 19.8 Å². The lowest BCUT2D eigenvalue weighted by Gasteiger charge is -2.28. The third kappa shape index (κ3) is 4.36. The van der Waals surface area contributed by atoms with Gasteiger partial charge < -0.3 is 10.1 Å². The van der Waals surface area contributed by atoms with Crippen molar-refractivity contribution in [3.05, 3.63) is 29.5 Å². The molecule has 0 unspecified atom stereocenters. The molecule has 128 valence electrons. The van der Waals surface area contributed by atoms with Gasteiger partial charge in [0.1, 0.15) is 4.88 Å². The summed E-state index contributed by atoms with van der Waals surface area (Å²) in [4.78, 5) is 25.2. The second kappa shape index (κ2) is 8.30. The van der Waals surface area contributed by atoms with E-state index in [1.807, 2.05) is 0 Å². The number of rotatable bonds is 6. The Kier molecular flexibility index (Phi) is 5.87. The lowest BCUT2D eigenvalue weighted by Crippen LogP contribution is -2.31. The summed E-state index contributed by atoms with van der Waals surface area (Å²) in [5.41, 5.74) is 0. The van der Waals surface area contributed by atoms with E-state index in [0.29, 0.717) is 40.9 Å². The molecular weight excluding hydrogens is 324 g/mol. The van der Waals surface area contributed by atoms with Crippen LogP contribution in [0.1, 0.15) is 42.3 Å². The molecule has 1 aliphatic rings. The smallest absolute Gasteiger partial charge is 0.263 e. The Labute approximate surface area is 145 Å². The molecule has 1 amide bonds. The van der Waals surface area contributed by atoms with Crippen LogP contribution in [-0.4, -0.2) is 40.1 Å². The molecule has 0 spiro atoms. The van der Waals surface area contributed by atoms with Gasteiger partial charge in [0.05, 0.1) is 18.9 Å². The monoisotopic (exact) mass is 346 g/mol. The minimum Gasteiger partial charge on any atom is -0.376 e. The first-order valence-corrected chi connectivity index (χ1v) is 9.18. The molecule has 7 heteroatoms. The predicted molar refractivity (Wildman–Crippen MR) is 92.8 cm³/mol. The SMILES string of the molecule is C[C@@H]1CCCC[C@H]1OCCNC(=O)c1cnc(-c2ncccn2)s1. The van der Waals surface area contributed by atoms with E-state index in [4.69, 9.17) is 4.74 Å². The van der Waals surface area contributed by atoms with Crippen LogP contribution in [0, 0.1) is 5.92 Å². The lowest BCUT2D eigenvalue weighted by molar-refractivity contribution is -0.00292. The first-order valence-electron chi connectivity index (χ1n) is 8.37. The summed E-state index contributed by atoms with van der Waals surface area (Å²) in [5.74, 6) is 1.02. The summed E-state index contributed by atoms with van der Waals surface area (Å²) in [7, 11) is 0. The van der Waals surface area contributed by atoms with Crippen LogP contribution in [0.5, 0.6) is 0 Å². The topological polar surface area (TPSA) is 77.0 Å². The van der Waals surface area contributed by atoms with Gasteiger partial charge in [-0.2, -0.15) is 0 Å². The van der Waals surface area contributed by atoms with Gasteiger partial charge in [0.25, 0.3) is 5.91 Å². The number of carbonyl (C=O) groups excluding carboxylic acids is 1. The molecule has 24 heavy (non-hydrogen) atoms. The number of nitrogens with zero attached hydrogens (tertiary/aromatic N) is 3. The molecule has 2 aromatic heterocycles. The van der Waals surface area contributed by atoms with Crippen molar-refractivity contribution in [1.82, 2.24) is 20.3 Å². The summed E-state index contributed by atoms with van der Waals surface area (Å²) in [6.45, 7) is 3.30. The van der Waals surface area contributed by atoms with E-state index in [1.54, 1.807) is 24.7 Å². The van der Waals surface area contributed by atoms with Crippen LogP contribution in [-0.2, 0) is 4.74 Å². The maximum atomic E-state index is 12.2. The molecule has 0 bridgehead atoms. The summed E-state index contributed by atoms with van der Waals surface area (Å²) < 4.78 is 5.91. The first kappa shape index (κ1) is 17.0. The Morgan fingerprint density at radius 2 is 2.08 bits per heavy atom. The summed E-state index contributed by atoms with van der Waals surface area (Å²) >= 11 is 1.29. The Morgan fingerprint density at radius 1 is 1.29 bits per heavy atom. The van der Waals surface area contributed by atoms with Crippen LogP contribution < -0.4 is 5.32 Å². The molecule has 1 saturated carbocycles. The maximum Gasteiger partial charge on any atom is 0.263 e. The van der Waals surface area contributed by atoms with Crippen molar-refractivity contribution in [3.8, 4) is 10.8 Å². The zero-order valence-electron chi connectivity index (χ0n) is 13.8. The van der Waals surface area contributed by atoms with Crippen molar-refractivity contribution >= 4 is 17.2 Å². The Hall–Kier alpha value is -1.86. The van der Waals surface area contributed by atoms with Crippen molar-refractivity contribution in [2.75, 3.05) is 13.2 Å². The van der Waals surface area contributed by atoms with Crippen LogP contribution in [0.2, 0.25) is 0 Å². The van der Waals surface area contributed by atoms with Crippen LogP contribution in [0.15, 0.2) is 24.7 Å². The fourth-order valence-corrected chi connectivity index (χ4v) is 3.66. The molecular formula is C17H22N4O2S. The summed E-state index contributed by atoms with van der Waals surface area (Å²) in [6.07, 6.45) is 10.1. The van der Waals surface area contributed by atoms with Crippen LogP contribution in [0.3, 0.4) is 0 Å². The molecule has 6 nitrogen and oxygen atoms in total.